The van der Waals surface area contributed by atoms with E-state index in [0.717, 1.165) is 36.3 Å². The number of carbonyl (C=O) groups is 5. The quantitative estimate of drug-likeness (QED) is 0.235. The van der Waals surface area contributed by atoms with Crippen LogP contribution in [0.3, 0.4) is 0 Å². The lowest BCUT2D eigenvalue weighted by Crippen LogP contribution is -2.51. The fourth-order valence-corrected chi connectivity index (χ4v) is 5.87. The highest BCUT2D eigenvalue weighted by Crippen LogP contribution is 2.34. The molecule has 0 bridgehead atoms. The molecule has 10 nitrogen and oxygen atoms in total. The van der Waals surface area contributed by atoms with Gasteiger partial charge in [0.2, 0.25) is 17.7 Å². The van der Waals surface area contributed by atoms with Gasteiger partial charge >= 0.3 is 0 Å². The zero-order valence-electron chi connectivity index (χ0n) is 24.7. The average Bonchev–Trinajstić information content (AvgIpc) is 3.61. The zero-order valence-corrected chi connectivity index (χ0v) is 24.7. The van der Waals surface area contributed by atoms with E-state index < -0.39 is 53.3 Å². The fraction of sp³-hybridized carbons (Fsp3) is 0.394. The van der Waals surface area contributed by atoms with Crippen LogP contribution in [0.15, 0.2) is 60.7 Å². The van der Waals surface area contributed by atoms with Gasteiger partial charge in [0, 0.05) is 20.2 Å². The number of hydrogen-bond acceptors (Lipinski definition) is 7. The second kappa shape index (κ2) is 14.0. The van der Waals surface area contributed by atoms with Gasteiger partial charge in [0.1, 0.15) is 5.92 Å². The number of rotatable bonds is 11. The molecule has 224 valence electrons. The Labute approximate surface area is 251 Å². The van der Waals surface area contributed by atoms with Crippen molar-refractivity contribution in [2.24, 2.45) is 17.8 Å². The van der Waals surface area contributed by atoms with Crippen LogP contribution in [0.25, 0.3) is 6.08 Å². The number of Topliss-reactive ketones (excluding diaryl/α,β-unsaturated/α-hetero) is 1. The van der Waals surface area contributed by atoms with E-state index in [2.05, 4.69) is 10.6 Å². The third-order valence-corrected chi connectivity index (χ3v) is 8.15. The minimum absolute atomic E-state index is 0.131. The summed E-state index contributed by atoms with van der Waals surface area (Å²) in [4.78, 5) is 66.2. The summed E-state index contributed by atoms with van der Waals surface area (Å²) in [6, 6.07) is 16.3. The SMILES string of the molecule is C[C@@H]1C(=O)N(N(C)C)C(=O)[C@H]1C(=O)[C@@H](NC(=O)C[C@H](NC(=O)C=Cc1ccc(C#N)cc1)c1ccccc1)C1CCCC1. The number of ketones is 1. The van der Waals surface area contributed by atoms with E-state index in [4.69, 9.17) is 5.26 Å². The number of nitrogens with one attached hydrogen (secondary N) is 2. The summed E-state index contributed by atoms with van der Waals surface area (Å²) in [6.45, 7) is 1.58. The summed E-state index contributed by atoms with van der Waals surface area (Å²) in [5.41, 5.74) is 1.97. The number of nitrogens with zero attached hydrogens (tertiary/aromatic N) is 3. The molecule has 10 heteroatoms. The Hall–Kier alpha value is -4.62. The van der Waals surface area contributed by atoms with Gasteiger partial charge in [0.05, 0.1) is 36.1 Å². The van der Waals surface area contributed by atoms with Crippen LogP contribution in [0.1, 0.15) is 61.8 Å². The van der Waals surface area contributed by atoms with Crippen molar-refractivity contribution in [3.8, 4) is 6.07 Å². The molecule has 43 heavy (non-hydrogen) atoms. The Balaban J connectivity index is 1.50. The second-order valence-corrected chi connectivity index (χ2v) is 11.3. The van der Waals surface area contributed by atoms with Gasteiger partial charge in [-0.15, -0.1) is 0 Å². The smallest absolute Gasteiger partial charge is 0.255 e. The monoisotopic (exact) mass is 583 g/mol. The summed E-state index contributed by atoms with van der Waals surface area (Å²) in [5, 5.41) is 17.1. The summed E-state index contributed by atoms with van der Waals surface area (Å²) < 4.78 is 0. The van der Waals surface area contributed by atoms with Crippen LogP contribution in [-0.2, 0) is 24.0 Å². The Kier molecular flexibility index (Phi) is 10.2. The molecule has 2 fully saturated rings. The lowest BCUT2D eigenvalue weighted by molar-refractivity contribution is -0.155. The van der Waals surface area contributed by atoms with Crippen molar-refractivity contribution < 1.29 is 24.0 Å². The highest BCUT2D eigenvalue weighted by molar-refractivity contribution is 6.16. The van der Waals surface area contributed by atoms with Crippen LogP contribution in [0, 0.1) is 29.1 Å². The van der Waals surface area contributed by atoms with Crippen molar-refractivity contribution in [2.45, 2.75) is 51.1 Å². The molecule has 1 saturated heterocycles. The Morgan fingerprint density at radius 2 is 1.65 bits per heavy atom. The van der Waals surface area contributed by atoms with Gasteiger partial charge in [0.15, 0.2) is 5.78 Å². The first-order chi connectivity index (χ1) is 20.6. The van der Waals surface area contributed by atoms with Crippen LogP contribution in [0.5, 0.6) is 0 Å². The van der Waals surface area contributed by atoms with Crippen molar-refractivity contribution in [1.29, 1.82) is 5.26 Å². The Bertz CT molecular complexity index is 1420. The molecule has 0 radical (unpaired) electrons. The van der Waals surface area contributed by atoms with Crippen LogP contribution in [-0.4, -0.2) is 59.6 Å². The largest absolute Gasteiger partial charge is 0.346 e. The van der Waals surface area contributed by atoms with Crippen LogP contribution in [0.2, 0.25) is 0 Å². The lowest BCUT2D eigenvalue weighted by atomic mass is 9.83. The zero-order chi connectivity index (χ0) is 31.1. The normalized spacial score (nSPS) is 20.3. The number of benzene rings is 2. The van der Waals surface area contributed by atoms with Crippen molar-refractivity contribution in [1.82, 2.24) is 20.7 Å². The van der Waals surface area contributed by atoms with Crippen LogP contribution >= 0.6 is 0 Å². The molecule has 1 aliphatic carbocycles. The molecular weight excluding hydrogens is 546 g/mol. The molecule has 4 rings (SSSR count). The molecule has 1 heterocycles. The summed E-state index contributed by atoms with van der Waals surface area (Å²) in [7, 11) is 3.15. The molecule has 2 aromatic rings. The molecule has 2 aliphatic rings. The fourth-order valence-electron chi connectivity index (χ4n) is 5.87. The number of hydrazine groups is 1. The first-order valence-corrected chi connectivity index (χ1v) is 14.5. The molecule has 2 N–H and O–H groups in total. The molecule has 4 amide bonds. The Morgan fingerprint density at radius 1 is 1.00 bits per heavy atom. The van der Waals surface area contributed by atoms with Gasteiger partial charge in [-0.05, 0) is 48.1 Å². The van der Waals surface area contributed by atoms with Gasteiger partial charge in [0.25, 0.3) is 5.91 Å². The summed E-state index contributed by atoms with van der Waals surface area (Å²) >= 11 is 0. The lowest BCUT2D eigenvalue weighted by Gasteiger charge is -2.28. The van der Waals surface area contributed by atoms with E-state index in [1.54, 1.807) is 51.4 Å². The maximum atomic E-state index is 13.9. The highest BCUT2D eigenvalue weighted by atomic mass is 16.2. The third-order valence-electron chi connectivity index (χ3n) is 8.15. The first-order valence-electron chi connectivity index (χ1n) is 14.5. The van der Waals surface area contributed by atoms with E-state index in [1.165, 1.54) is 11.1 Å². The predicted octanol–water partition coefficient (Wildman–Crippen LogP) is 3.16. The van der Waals surface area contributed by atoms with E-state index in [1.807, 2.05) is 36.4 Å². The molecular formula is C33H37N5O5. The molecule has 0 aromatic heterocycles. The van der Waals surface area contributed by atoms with Crippen LogP contribution in [0.4, 0.5) is 0 Å². The number of amides is 4. The molecule has 0 spiro atoms. The Morgan fingerprint density at radius 3 is 2.23 bits per heavy atom. The average molecular weight is 584 g/mol. The third kappa shape index (κ3) is 7.43. The van der Waals surface area contributed by atoms with Crippen LogP contribution < -0.4 is 10.6 Å². The van der Waals surface area contributed by atoms with Gasteiger partial charge < -0.3 is 10.6 Å². The van der Waals surface area contributed by atoms with Gasteiger partial charge in [-0.2, -0.15) is 5.26 Å². The second-order valence-electron chi connectivity index (χ2n) is 11.3. The van der Waals surface area contributed by atoms with E-state index in [-0.39, 0.29) is 12.3 Å². The molecule has 0 unspecified atom stereocenters. The number of imide groups is 1. The predicted molar refractivity (Wildman–Crippen MR) is 159 cm³/mol. The van der Waals surface area contributed by atoms with Gasteiger partial charge in [-0.3, -0.25) is 24.0 Å². The summed E-state index contributed by atoms with van der Waals surface area (Å²) in [6.07, 6.45) is 6.14. The number of hydrogen-bond donors (Lipinski definition) is 2. The maximum Gasteiger partial charge on any atom is 0.255 e. The topological polar surface area (TPSA) is 140 Å². The van der Waals surface area contributed by atoms with Crippen molar-refractivity contribution in [3.05, 3.63) is 77.4 Å². The molecule has 1 saturated carbocycles. The van der Waals surface area contributed by atoms with Crippen molar-refractivity contribution in [2.75, 3.05) is 14.1 Å². The minimum Gasteiger partial charge on any atom is -0.346 e. The standard InChI is InChI=1S/C33H37N5O5/c1-21-29(33(43)38(32(21)42)37(2)3)31(41)30(25-11-7-8-12-25)36-28(40)19-26(24-9-5-4-6-10-24)35-27(39)18-17-22-13-15-23(20-34)16-14-22/h4-6,9-10,13-18,21,25-26,29-30H,7-8,11-12,19H2,1-3H3,(H,35,39)(H,36,40)/t21-,26-,29+,30-/m0/s1. The summed E-state index contributed by atoms with van der Waals surface area (Å²) in [5.74, 6) is -4.45. The number of nitriles is 1. The highest BCUT2D eigenvalue weighted by Gasteiger charge is 2.52. The minimum atomic E-state index is -1.17. The van der Waals surface area contributed by atoms with Crippen molar-refractivity contribution >= 4 is 35.5 Å². The van der Waals surface area contributed by atoms with E-state index >= 15 is 0 Å². The van der Waals surface area contributed by atoms with Crippen molar-refractivity contribution in [3.63, 3.8) is 0 Å². The number of carbonyl (C=O) groups excluding carboxylic acids is 5. The van der Waals surface area contributed by atoms with E-state index in [0.29, 0.717) is 11.1 Å². The maximum absolute atomic E-state index is 13.9. The van der Waals surface area contributed by atoms with E-state index in [9.17, 15) is 24.0 Å². The molecule has 4 atom stereocenters. The van der Waals surface area contributed by atoms with Gasteiger partial charge in [-0.25, -0.2) is 10.0 Å². The first kappa shape index (κ1) is 31.3. The molecule has 1 aliphatic heterocycles. The van der Waals surface area contributed by atoms with Gasteiger partial charge in [-0.1, -0.05) is 62.2 Å². The molecule has 2 aromatic carbocycles.